The number of fused-ring (bicyclic) bond motifs is 1. The lowest BCUT2D eigenvalue weighted by Crippen LogP contribution is -2.56. The molecule has 2 aromatic carbocycles. The first-order valence-corrected chi connectivity index (χ1v) is 10.5. The van der Waals surface area contributed by atoms with E-state index in [4.69, 9.17) is 9.47 Å². The quantitative estimate of drug-likeness (QED) is 0.385. The first kappa shape index (κ1) is 25.7. The lowest BCUT2D eigenvalue weighted by Gasteiger charge is -2.39. The van der Waals surface area contributed by atoms with Gasteiger partial charge < -0.3 is 25.0 Å². The van der Waals surface area contributed by atoms with Crippen LogP contribution in [0, 0.1) is 12.7 Å². The van der Waals surface area contributed by atoms with E-state index in [2.05, 4.69) is 10.3 Å². The molecule has 0 fully saturated rings. The smallest absolute Gasteiger partial charge is 0.421 e. The molecule has 0 bridgehead atoms. The highest BCUT2D eigenvalue weighted by atomic mass is 19.4. The average Bonchev–Trinajstić information content (AvgIpc) is 2.80. The number of alkyl halides is 3. The fraction of sp³-hybridized carbons (Fsp3) is 0.375. The number of rotatable bonds is 9. The third-order valence-electron chi connectivity index (χ3n) is 5.56. The molecule has 34 heavy (non-hydrogen) atoms. The Bertz CT molecular complexity index is 1160. The summed E-state index contributed by atoms with van der Waals surface area (Å²) >= 11 is 0. The molecule has 3 rings (SSSR count). The number of anilines is 1. The number of hydrogen-bond donors (Lipinski definition) is 3. The number of ether oxygens (including phenoxy) is 2. The monoisotopic (exact) mass is 482 g/mol. The molecule has 10 heteroatoms. The molecule has 184 valence electrons. The molecule has 1 heterocycles. The summed E-state index contributed by atoms with van der Waals surface area (Å²) in [4.78, 5) is 4.37. The first-order chi connectivity index (χ1) is 16.1. The summed E-state index contributed by atoms with van der Waals surface area (Å²) in [5.74, 6) is -1.37. The van der Waals surface area contributed by atoms with Crippen molar-refractivity contribution in [1.82, 2.24) is 4.98 Å². The van der Waals surface area contributed by atoms with Crippen molar-refractivity contribution in [3.05, 3.63) is 65.1 Å². The van der Waals surface area contributed by atoms with Crippen LogP contribution in [0.15, 0.2) is 42.5 Å². The van der Waals surface area contributed by atoms with Crippen LogP contribution in [0.1, 0.15) is 29.8 Å². The molecular weight excluding hydrogens is 456 g/mol. The molecule has 6 nitrogen and oxygen atoms in total. The first-order valence-electron chi connectivity index (χ1n) is 10.5. The second-order valence-corrected chi connectivity index (χ2v) is 7.77. The van der Waals surface area contributed by atoms with Gasteiger partial charge in [0.1, 0.15) is 11.6 Å². The molecule has 0 amide bonds. The zero-order valence-electron chi connectivity index (χ0n) is 18.9. The normalized spacial score (nSPS) is 14.6. The third kappa shape index (κ3) is 4.79. The number of aromatic nitrogens is 1. The molecule has 1 aromatic heterocycles. The van der Waals surface area contributed by atoms with Crippen molar-refractivity contribution in [2.45, 2.75) is 38.3 Å². The van der Waals surface area contributed by atoms with E-state index in [9.17, 15) is 23.4 Å². The Labute approximate surface area is 194 Å². The highest BCUT2D eigenvalue weighted by Crippen LogP contribution is 2.46. The van der Waals surface area contributed by atoms with E-state index in [-0.39, 0.29) is 23.6 Å². The Kier molecular flexibility index (Phi) is 7.64. The van der Waals surface area contributed by atoms with Crippen LogP contribution in [0.4, 0.5) is 23.2 Å². The fourth-order valence-electron chi connectivity index (χ4n) is 3.74. The van der Waals surface area contributed by atoms with Crippen LogP contribution in [-0.2, 0) is 11.3 Å². The summed E-state index contributed by atoms with van der Waals surface area (Å²) in [5.41, 5.74) is -3.02. The minimum absolute atomic E-state index is 0.112. The van der Waals surface area contributed by atoms with Gasteiger partial charge in [-0.15, -0.1) is 0 Å². The van der Waals surface area contributed by atoms with Crippen LogP contribution in [0.5, 0.6) is 5.75 Å². The predicted octanol–water partition coefficient (Wildman–Crippen LogP) is 4.67. The van der Waals surface area contributed by atoms with Gasteiger partial charge in [0.05, 0.1) is 37.4 Å². The second-order valence-electron chi connectivity index (χ2n) is 7.77. The molecule has 0 saturated carbocycles. The van der Waals surface area contributed by atoms with Gasteiger partial charge >= 0.3 is 6.18 Å². The Morgan fingerprint density at radius 2 is 1.85 bits per heavy atom. The Hall–Kier alpha value is -2.95. The summed E-state index contributed by atoms with van der Waals surface area (Å²) in [6.45, 7) is 1.21. The lowest BCUT2D eigenvalue weighted by molar-refractivity contribution is -0.281. The number of hydrogen-bond acceptors (Lipinski definition) is 6. The number of aliphatic hydroxyl groups is 2. The predicted molar refractivity (Wildman–Crippen MR) is 119 cm³/mol. The summed E-state index contributed by atoms with van der Waals surface area (Å²) in [6, 6.07) is 8.47. The van der Waals surface area contributed by atoms with Gasteiger partial charge in [-0.05, 0) is 44.2 Å². The van der Waals surface area contributed by atoms with Crippen LogP contribution in [-0.4, -0.2) is 47.3 Å². The SMILES string of the molecule is CCOCC(O)(C(Nc1cccc2nc(C)ccc12)c1c(OC)ccc(CO)c1F)C(F)(F)F. The molecule has 0 radical (unpaired) electrons. The third-order valence-corrected chi connectivity index (χ3v) is 5.56. The number of aryl methyl sites for hydroxylation is 1. The highest BCUT2D eigenvalue weighted by Gasteiger charge is 2.60. The van der Waals surface area contributed by atoms with Crippen molar-refractivity contribution in [3.63, 3.8) is 0 Å². The number of halogens is 4. The van der Waals surface area contributed by atoms with Crippen molar-refractivity contribution in [1.29, 1.82) is 0 Å². The van der Waals surface area contributed by atoms with Crippen LogP contribution in [0.2, 0.25) is 0 Å². The number of nitrogens with zero attached hydrogens (tertiary/aromatic N) is 1. The van der Waals surface area contributed by atoms with Crippen LogP contribution in [0.3, 0.4) is 0 Å². The van der Waals surface area contributed by atoms with E-state index in [1.54, 1.807) is 31.2 Å². The maximum absolute atomic E-state index is 15.5. The van der Waals surface area contributed by atoms with Gasteiger partial charge in [-0.1, -0.05) is 12.1 Å². The number of aliphatic hydroxyl groups excluding tert-OH is 1. The molecule has 0 spiro atoms. The van der Waals surface area contributed by atoms with Crippen molar-refractivity contribution in [2.24, 2.45) is 0 Å². The highest BCUT2D eigenvalue weighted by molar-refractivity contribution is 5.91. The molecule has 3 aromatic rings. The molecule has 2 unspecified atom stereocenters. The molecular formula is C24H26F4N2O4. The fourth-order valence-corrected chi connectivity index (χ4v) is 3.74. The zero-order chi connectivity index (χ0) is 25.1. The topological polar surface area (TPSA) is 83.8 Å². The van der Waals surface area contributed by atoms with E-state index in [1.165, 1.54) is 32.2 Å². The van der Waals surface area contributed by atoms with E-state index in [0.717, 1.165) is 0 Å². The lowest BCUT2D eigenvalue weighted by atomic mass is 9.86. The second kappa shape index (κ2) is 10.1. The van der Waals surface area contributed by atoms with Crippen LogP contribution < -0.4 is 10.1 Å². The number of nitrogens with one attached hydrogen (secondary N) is 1. The molecule has 0 aliphatic carbocycles. The maximum atomic E-state index is 15.5. The van der Waals surface area contributed by atoms with E-state index < -0.39 is 42.4 Å². The minimum atomic E-state index is -5.23. The van der Waals surface area contributed by atoms with E-state index >= 15 is 4.39 Å². The Morgan fingerprint density at radius 3 is 2.47 bits per heavy atom. The van der Waals surface area contributed by atoms with Crippen molar-refractivity contribution in [2.75, 3.05) is 25.6 Å². The van der Waals surface area contributed by atoms with Gasteiger partial charge in [-0.3, -0.25) is 4.98 Å². The Morgan fingerprint density at radius 1 is 1.12 bits per heavy atom. The van der Waals surface area contributed by atoms with Gasteiger partial charge in [0.25, 0.3) is 0 Å². The van der Waals surface area contributed by atoms with Gasteiger partial charge in [-0.25, -0.2) is 4.39 Å². The van der Waals surface area contributed by atoms with Crippen LogP contribution in [0.25, 0.3) is 10.9 Å². The molecule has 0 aliphatic heterocycles. The largest absolute Gasteiger partial charge is 0.496 e. The standard InChI is InChI=1S/C24H26F4N2O4/c1-4-34-13-23(32,24(26,27)28)22(20-19(33-3)11-9-15(12-31)21(20)25)30-18-7-5-6-17-16(18)10-8-14(2)29-17/h5-11,22,30-32H,4,12-13H2,1-3H3. The van der Waals surface area contributed by atoms with E-state index in [1.807, 2.05) is 0 Å². The zero-order valence-corrected chi connectivity index (χ0v) is 18.9. The van der Waals surface area contributed by atoms with Crippen molar-refractivity contribution < 1.29 is 37.2 Å². The van der Waals surface area contributed by atoms with Gasteiger partial charge in [0.2, 0.25) is 5.60 Å². The van der Waals surface area contributed by atoms with Crippen molar-refractivity contribution in [3.8, 4) is 5.75 Å². The summed E-state index contributed by atoms with van der Waals surface area (Å²) in [5, 5.41) is 23.8. The molecule has 2 atom stereocenters. The molecule has 3 N–H and O–H groups in total. The average molecular weight is 482 g/mol. The number of benzene rings is 2. The molecule has 0 saturated heterocycles. The van der Waals surface area contributed by atoms with E-state index in [0.29, 0.717) is 16.6 Å². The number of pyridine rings is 1. The summed E-state index contributed by atoms with van der Waals surface area (Å²) < 4.78 is 68.8. The number of methoxy groups -OCH3 is 1. The summed E-state index contributed by atoms with van der Waals surface area (Å²) in [6.07, 6.45) is -5.23. The van der Waals surface area contributed by atoms with Gasteiger partial charge in [0.15, 0.2) is 0 Å². The van der Waals surface area contributed by atoms with Crippen molar-refractivity contribution >= 4 is 16.6 Å². The summed E-state index contributed by atoms with van der Waals surface area (Å²) in [7, 11) is 1.17. The van der Waals surface area contributed by atoms with Crippen LogP contribution >= 0.6 is 0 Å². The molecule has 0 aliphatic rings. The minimum Gasteiger partial charge on any atom is -0.496 e. The Balaban J connectivity index is 2.30. The van der Waals surface area contributed by atoms with Gasteiger partial charge in [-0.2, -0.15) is 13.2 Å². The maximum Gasteiger partial charge on any atom is 0.421 e. The van der Waals surface area contributed by atoms with Gasteiger partial charge in [0, 0.05) is 28.9 Å².